The van der Waals surface area contributed by atoms with Crippen molar-refractivity contribution in [2.24, 2.45) is 11.8 Å². The van der Waals surface area contributed by atoms with Gasteiger partial charge in [-0.15, -0.1) is 0 Å². The van der Waals surface area contributed by atoms with E-state index in [1.807, 2.05) is 13.8 Å². The van der Waals surface area contributed by atoms with E-state index in [1.54, 1.807) is 28.7 Å². The Hall–Kier alpha value is -2.44. The van der Waals surface area contributed by atoms with Crippen molar-refractivity contribution in [3.8, 4) is 0 Å². The van der Waals surface area contributed by atoms with Gasteiger partial charge in [-0.2, -0.15) is 0 Å². The predicted molar refractivity (Wildman–Crippen MR) is 140 cm³/mol. The highest BCUT2D eigenvalue weighted by Crippen LogP contribution is 2.29. The third-order valence-electron chi connectivity index (χ3n) is 7.97. The molecule has 0 bridgehead atoms. The van der Waals surface area contributed by atoms with Crippen molar-refractivity contribution >= 4 is 23.8 Å². The van der Waals surface area contributed by atoms with E-state index in [4.69, 9.17) is 14.2 Å². The zero-order chi connectivity index (χ0) is 28.4. The Morgan fingerprint density at radius 2 is 1.76 bits per heavy atom. The third kappa shape index (κ3) is 8.03. The van der Waals surface area contributed by atoms with E-state index in [0.29, 0.717) is 39.3 Å². The number of urea groups is 1. The molecule has 12 heteroatoms. The number of likely N-dealkylation sites (tertiary alicyclic amines) is 1. The van der Waals surface area contributed by atoms with E-state index in [0.717, 1.165) is 12.8 Å². The van der Waals surface area contributed by atoms with Crippen molar-refractivity contribution in [1.82, 2.24) is 20.0 Å². The fourth-order valence-electron chi connectivity index (χ4n) is 5.47. The van der Waals surface area contributed by atoms with E-state index < -0.39 is 30.1 Å². The van der Waals surface area contributed by atoms with E-state index in [2.05, 4.69) is 5.32 Å². The van der Waals surface area contributed by atoms with Gasteiger partial charge in [0.15, 0.2) is 0 Å². The van der Waals surface area contributed by atoms with Crippen LogP contribution in [0, 0.1) is 11.8 Å². The standard InChI is InChI=1S/C26H46N4O8/c1-7-17(2)23(28(4)22(32)16-27-26(35)29-11-13-38-14-12-29)20(36-5)15-21(31)30-10-8-9-19(30)24(37-6)18(3)25(33)34/h17-20,23-24H,7-16H2,1-6H3,(H,27,35)(H,33,34). The minimum atomic E-state index is -0.969. The molecule has 4 amide bonds. The Labute approximate surface area is 225 Å². The normalized spacial score (nSPS) is 21.8. The number of methoxy groups -OCH3 is 2. The zero-order valence-corrected chi connectivity index (χ0v) is 23.7. The van der Waals surface area contributed by atoms with Gasteiger partial charge in [0, 0.05) is 40.9 Å². The number of carboxylic acids is 1. The number of ether oxygens (including phenoxy) is 3. The second kappa shape index (κ2) is 15.2. The van der Waals surface area contributed by atoms with Crippen LogP contribution in [0.1, 0.15) is 46.5 Å². The number of aliphatic carboxylic acids is 1. The van der Waals surface area contributed by atoms with E-state index in [1.165, 1.54) is 14.2 Å². The van der Waals surface area contributed by atoms with Gasteiger partial charge < -0.3 is 39.3 Å². The number of carbonyl (C=O) groups is 4. The molecule has 2 aliphatic heterocycles. The molecule has 2 saturated heterocycles. The predicted octanol–water partition coefficient (Wildman–Crippen LogP) is 1.03. The average molecular weight is 543 g/mol. The second-order valence-corrected chi connectivity index (χ2v) is 10.2. The highest BCUT2D eigenvalue weighted by Gasteiger charge is 2.41. The number of hydrogen-bond acceptors (Lipinski definition) is 7. The van der Waals surface area contributed by atoms with Crippen LogP contribution >= 0.6 is 0 Å². The van der Waals surface area contributed by atoms with Crippen LogP contribution in [-0.2, 0) is 28.6 Å². The quantitative estimate of drug-likeness (QED) is 0.352. The minimum absolute atomic E-state index is 0.0183. The molecule has 6 unspecified atom stereocenters. The lowest BCUT2D eigenvalue weighted by Gasteiger charge is -2.39. The second-order valence-electron chi connectivity index (χ2n) is 10.2. The largest absolute Gasteiger partial charge is 0.481 e. The summed E-state index contributed by atoms with van der Waals surface area (Å²) < 4.78 is 16.6. The summed E-state index contributed by atoms with van der Waals surface area (Å²) in [6.07, 6.45) is 1.01. The van der Waals surface area contributed by atoms with Gasteiger partial charge in [0.05, 0.1) is 56.4 Å². The number of rotatable bonds is 13. The molecule has 0 saturated carbocycles. The van der Waals surface area contributed by atoms with Crippen molar-refractivity contribution < 1.29 is 38.5 Å². The Morgan fingerprint density at radius 3 is 2.32 bits per heavy atom. The van der Waals surface area contributed by atoms with Crippen molar-refractivity contribution in [1.29, 1.82) is 0 Å². The minimum Gasteiger partial charge on any atom is -0.481 e. The molecule has 6 atom stereocenters. The highest BCUT2D eigenvalue weighted by atomic mass is 16.5. The maximum Gasteiger partial charge on any atom is 0.317 e. The maximum atomic E-state index is 13.5. The molecule has 38 heavy (non-hydrogen) atoms. The SMILES string of the molecule is CCC(C)C(C(CC(=O)N1CCCC1C(OC)C(C)C(=O)O)OC)N(C)C(=O)CNC(=O)N1CCOCC1. The number of carbonyl (C=O) groups excluding carboxylic acids is 3. The van der Waals surface area contributed by atoms with Crippen molar-refractivity contribution in [2.45, 2.75) is 70.7 Å². The van der Waals surface area contributed by atoms with Gasteiger partial charge in [0.2, 0.25) is 11.8 Å². The fraction of sp³-hybridized carbons (Fsp3) is 0.846. The lowest BCUT2D eigenvalue weighted by molar-refractivity contribution is -0.151. The lowest BCUT2D eigenvalue weighted by atomic mass is 9.90. The zero-order valence-electron chi connectivity index (χ0n) is 23.7. The summed E-state index contributed by atoms with van der Waals surface area (Å²) in [5.74, 6) is -2.15. The molecular weight excluding hydrogens is 496 g/mol. The number of hydrogen-bond donors (Lipinski definition) is 2. The van der Waals surface area contributed by atoms with Gasteiger partial charge in [-0.1, -0.05) is 20.3 Å². The van der Waals surface area contributed by atoms with Crippen LogP contribution in [0.15, 0.2) is 0 Å². The first-order valence-corrected chi connectivity index (χ1v) is 13.5. The molecule has 12 nitrogen and oxygen atoms in total. The molecule has 0 aromatic carbocycles. The number of nitrogens with zero attached hydrogens (tertiary/aromatic N) is 3. The molecule has 218 valence electrons. The van der Waals surface area contributed by atoms with Crippen molar-refractivity contribution in [3.63, 3.8) is 0 Å². The van der Waals surface area contributed by atoms with Gasteiger partial charge >= 0.3 is 12.0 Å². The van der Waals surface area contributed by atoms with E-state index >= 15 is 0 Å². The first-order chi connectivity index (χ1) is 18.1. The Bertz CT molecular complexity index is 806. The molecule has 0 aromatic rings. The number of likely N-dealkylation sites (N-methyl/N-ethyl adjacent to an activating group) is 1. The Morgan fingerprint density at radius 1 is 1.11 bits per heavy atom. The van der Waals surface area contributed by atoms with Crippen LogP contribution < -0.4 is 5.32 Å². The van der Waals surface area contributed by atoms with Crippen LogP contribution in [0.4, 0.5) is 4.79 Å². The summed E-state index contributed by atoms with van der Waals surface area (Å²) in [4.78, 5) is 55.6. The Kier molecular flexibility index (Phi) is 12.7. The number of carboxylic acid groups (broad SMARTS) is 1. The van der Waals surface area contributed by atoms with Crippen molar-refractivity contribution in [2.75, 3.05) is 60.7 Å². The molecule has 0 aliphatic carbocycles. The van der Waals surface area contributed by atoms with Crippen LogP contribution in [0.5, 0.6) is 0 Å². The highest BCUT2D eigenvalue weighted by molar-refractivity contribution is 5.84. The molecule has 0 aromatic heterocycles. The molecule has 2 heterocycles. The first kappa shape index (κ1) is 31.8. The van der Waals surface area contributed by atoms with Crippen LogP contribution in [0.3, 0.4) is 0 Å². The smallest absolute Gasteiger partial charge is 0.317 e. The summed E-state index contributed by atoms with van der Waals surface area (Å²) in [6, 6.07) is -1.05. The van der Waals surface area contributed by atoms with Gasteiger partial charge in [0.25, 0.3) is 0 Å². The molecule has 2 aliphatic rings. The van der Waals surface area contributed by atoms with Gasteiger partial charge in [0.1, 0.15) is 0 Å². The average Bonchev–Trinajstić information content (AvgIpc) is 3.41. The molecule has 2 N–H and O–H groups in total. The molecule has 2 rings (SSSR count). The van der Waals surface area contributed by atoms with Crippen LogP contribution in [-0.4, -0.2) is 129 Å². The van der Waals surface area contributed by atoms with E-state index in [9.17, 15) is 24.3 Å². The van der Waals surface area contributed by atoms with Crippen molar-refractivity contribution in [3.05, 3.63) is 0 Å². The summed E-state index contributed by atoms with van der Waals surface area (Å²) in [5.41, 5.74) is 0. The topological polar surface area (TPSA) is 138 Å². The molecular formula is C26H46N4O8. The van der Waals surface area contributed by atoms with Gasteiger partial charge in [-0.25, -0.2) is 4.79 Å². The molecule has 0 radical (unpaired) electrons. The number of amides is 4. The van der Waals surface area contributed by atoms with Gasteiger partial charge in [-0.3, -0.25) is 14.4 Å². The van der Waals surface area contributed by atoms with E-state index in [-0.39, 0.29) is 42.8 Å². The fourth-order valence-corrected chi connectivity index (χ4v) is 5.47. The summed E-state index contributed by atoms with van der Waals surface area (Å²) in [5, 5.41) is 12.2. The third-order valence-corrected chi connectivity index (χ3v) is 7.97. The lowest BCUT2D eigenvalue weighted by Crippen LogP contribution is -2.55. The van der Waals surface area contributed by atoms with Crippen LogP contribution in [0.2, 0.25) is 0 Å². The first-order valence-electron chi connectivity index (χ1n) is 13.5. The Balaban J connectivity index is 2.10. The monoisotopic (exact) mass is 542 g/mol. The number of morpholine rings is 1. The van der Waals surface area contributed by atoms with Crippen LogP contribution in [0.25, 0.3) is 0 Å². The summed E-state index contributed by atoms with van der Waals surface area (Å²) >= 11 is 0. The number of nitrogens with one attached hydrogen (secondary N) is 1. The van der Waals surface area contributed by atoms with Gasteiger partial charge in [-0.05, 0) is 25.7 Å². The summed E-state index contributed by atoms with van der Waals surface area (Å²) in [7, 11) is 4.67. The maximum absolute atomic E-state index is 13.5. The molecule has 0 spiro atoms. The molecule has 2 fully saturated rings. The summed E-state index contributed by atoms with van der Waals surface area (Å²) in [6.45, 7) is 7.86.